The number of carbonyl (C=O) groups is 1. The first-order chi connectivity index (χ1) is 13.5. The van der Waals surface area contributed by atoms with Gasteiger partial charge in [0.05, 0.1) is 13.7 Å². The van der Waals surface area contributed by atoms with Gasteiger partial charge in [0.1, 0.15) is 17.9 Å². The van der Waals surface area contributed by atoms with Crippen molar-refractivity contribution in [2.45, 2.75) is 26.4 Å². The third-order valence-corrected chi connectivity index (χ3v) is 4.50. The Morgan fingerprint density at radius 2 is 1.96 bits per heavy atom. The SMILES string of the molecule is CCCn1cnnc1CN(C)C(=O)c1ccc(-c2ccc(OC)cc2F)cc1. The molecule has 0 unspecified atom stereocenters. The second-order valence-corrected chi connectivity index (χ2v) is 6.52. The predicted octanol–water partition coefficient (Wildman–Crippen LogP) is 3.78. The average molecular weight is 382 g/mol. The molecule has 0 fully saturated rings. The quantitative estimate of drug-likeness (QED) is 0.624. The zero-order valence-electron chi connectivity index (χ0n) is 16.2. The molecule has 0 atom stereocenters. The van der Waals surface area contributed by atoms with Crippen molar-refractivity contribution in [3.05, 3.63) is 66.0 Å². The fourth-order valence-corrected chi connectivity index (χ4v) is 2.98. The summed E-state index contributed by atoms with van der Waals surface area (Å²) in [6.45, 7) is 3.26. The molecular formula is C21H23FN4O2. The highest BCUT2D eigenvalue weighted by atomic mass is 19.1. The van der Waals surface area contributed by atoms with Crippen LogP contribution >= 0.6 is 0 Å². The Bertz CT molecular complexity index is 953. The van der Waals surface area contributed by atoms with Gasteiger partial charge in [0.2, 0.25) is 0 Å². The van der Waals surface area contributed by atoms with Crippen molar-refractivity contribution in [3.8, 4) is 16.9 Å². The number of benzene rings is 2. The first-order valence-electron chi connectivity index (χ1n) is 9.09. The lowest BCUT2D eigenvalue weighted by atomic mass is 10.0. The van der Waals surface area contributed by atoms with E-state index in [1.807, 2.05) is 4.57 Å². The second kappa shape index (κ2) is 8.65. The van der Waals surface area contributed by atoms with Crippen LogP contribution in [0.4, 0.5) is 4.39 Å². The fourth-order valence-electron chi connectivity index (χ4n) is 2.98. The fraction of sp³-hybridized carbons (Fsp3) is 0.286. The maximum absolute atomic E-state index is 14.3. The summed E-state index contributed by atoms with van der Waals surface area (Å²) in [6.07, 6.45) is 2.64. The van der Waals surface area contributed by atoms with Crippen LogP contribution in [0, 0.1) is 5.82 Å². The Labute approximate surface area is 163 Å². The number of ether oxygens (including phenoxy) is 1. The summed E-state index contributed by atoms with van der Waals surface area (Å²) in [5.74, 6) is 0.707. The molecule has 3 rings (SSSR count). The van der Waals surface area contributed by atoms with Crippen LogP contribution < -0.4 is 4.74 Å². The highest BCUT2D eigenvalue weighted by molar-refractivity contribution is 5.94. The van der Waals surface area contributed by atoms with Crippen LogP contribution in [0.25, 0.3) is 11.1 Å². The molecule has 0 saturated carbocycles. The van der Waals surface area contributed by atoms with E-state index in [9.17, 15) is 9.18 Å². The van der Waals surface area contributed by atoms with E-state index in [1.54, 1.807) is 54.7 Å². The summed E-state index contributed by atoms with van der Waals surface area (Å²) >= 11 is 0. The molecule has 0 radical (unpaired) electrons. The number of hydrogen-bond acceptors (Lipinski definition) is 4. The average Bonchev–Trinajstić information content (AvgIpc) is 3.14. The lowest BCUT2D eigenvalue weighted by Crippen LogP contribution is -2.27. The van der Waals surface area contributed by atoms with Crippen LogP contribution in [0.15, 0.2) is 48.8 Å². The number of aryl methyl sites for hydroxylation is 1. The summed E-state index contributed by atoms with van der Waals surface area (Å²) in [7, 11) is 3.22. The van der Waals surface area contributed by atoms with Crippen LogP contribution in [0.5, 0.6) is 5.75 Å². The minimum absolute atomic E-state index is 0.132. The third-order valence-electron chi connectivity index (χ3n) is 4.50. The minimum Gasteiger partial charge on any atom is -0.497 e. The molecule has 28 heavy (non-hydrogen) atoms. The Hall–Kier alpha value is -3.22. The third kappa shape index (κ3) is 4.19. The van der Waals surface area contributed by atoms with E-state index in [4.69, 9.17) is 4.74 Å². The normalized spacial score (nSPS) is 10.7. The Balaban J connectivity index is 1.73. The molecular weight excluding hydrogens is 359 g/mol. The van der Waals surface area contributed by atoms with Crippen molar-refractivity contribution in [2.24, 2.45) is 0 Å². The largest absolute Gasteiger partial charge is 0.497 e. The summed E-state index contributed by atoms with van der Waals surface area (Å²) in [6, 6.07) is 11.6. The number of hydrogen-bond donors (Lipinski definition) is 0. The van der Waals surface area contributed by atoms with E-state index in [2.05, 4.69) is 17.1 Å². The topological polar surface area (TPSA) is 60.2 Å². The van der Waals surface area contributed by atoms with Crippen molar-refractivity contribution in [1.82, 2.24) is 19.7 Å². The van der Waals surface area contributed by atoms with E-state index in [-0.39, 0.29) is 11.7 Å². The number of rotatable bonds is 7. The molecule has 146 valence electrons. The smallest absolute Gasteiger partial charge is 0.254 e. The number of nitrogens with zero attached hydrogens (tertiary/aromatic N) is 4. The molecule has 0 spiro atoms. The monoisotopic (exact) mass is 382 g/mol. The molecule has 0 aliphatic heterocycles. The van der Waals surface area contributed by atoms with Gasteiger partial charge >= 0.3 is 0 Å². The predicted molar refractivity (Wildman–Crippen MR) is 104 cm³/mol. The van der Waals surface area contributed by atoms with Gasteiger partial charge in [-0.05, 0) is 36.2 Å². The number of halogens is 1. The van der Waals surface area contributed by atoms with Gasteiger partial charge in [0.25, 0.3) is 5.91 Å². The Morgan fingerprint density at radius 3 is 2.61 bits per heavy atom. The standard InChI is InChI=1S/C21H23FN4O2/c1-4-11-26-14-23-24-20(26)13-25(2)21(27)16-7-5-15(6-8-16)18-10-9-17(28-3)12-19(18)22/h5-10,12,14H,4,11,13H2,1-3H3. The molecule has 0 bridgehead atoms. The lowest BCUT2D eigenvalue weighted by Gasteiger charge is -2.17. The molecule has 0 N–H and O–H groups in total. The van der Waals surface area contributed by atoms with Crippen molar-refractivity contribution in [2.75, 3.05) is 14.2 Å². The Kier molecular flexibility index (Phi) is 6.03. The molecule has 1 aromatic heterocycles. The van der Waals surface area contributed by atoms with Gasteiger partial charge in [-0.3, -0.25) is 4.79 Å². The summed E-state index contributed by atoms with van der Waals surface area (Å²) < 4.78 is 21.2. The van der Waals surface area contributed by atoms with E-state index in [0.29, 0.717) is 29.0 Å². The van der Waals surface area contributed by atoms with Gasteiger partial charge in [-0.2, -0.15) is 0 Å². The van der Waals surface area contributed by atoms with Crippen LogP contribution in [0.3, 0.4) is 0 Å². The van der Waals surface area contributed by atoms with Crippen molar-refractivity contribution >= 4 is 5.91 Å². The zero-order valence-corrected chi connectivity index (χ0v) is 16.2. The van der Waals surface area contributed by atoms with E-state index < -0.39 is 0 Å². The van der Waals surface area contributed by atoms with Crippen LogP contribution in [-0.2, 0) is 13.1 Å². The van der Waals surface area contributed by atoms with Gasteiger partial charge in [-0.25, -0.2) is 4.39 Å². The zero-order chi connectivity index (χ0) is 20.1. The number of methoxy groups -OCH3 is 1. The number of carbonyl (C=O) groups excluding carboxylic acids is 1. The lowest BCUT2D eigenvalue weighted by molar-refractivity contribution is 0.0780. The second-order valence-electron chi connectivity index (χ2n) is 6.52. The molecule has 0 saturated heterocycles. The van der Waals surface area contributed by atoms with Crippen molar-refractivity contribution in [3.63, 3.8) is 0 Å². The molecule has 7 heteroatoms. The molecule has 2 aromatic carbocycles. The molecule has 1 amide bonds. The molecule has 6 nitrogen and oxygen atoms in total. The van der Waals surface area contributed by atoms with Gasteiger partial charge in [-0.15, -0.1) is 10.2 Å². The summed E-state index contributed by atoms with van der Waals surface area (Å²) in [4.78, 5) is 14.3. The maximum Gasteiger partial charge on any atom is 0.254 e. The Morgan fingerprint density at radius 1 is 1.21 bits per heavy atom. The van der Waals surface area contributed by atoms with Crippen LogP contribution in [0.2, 0.25) is 0 Å². The van der Waals surface area contributed by atoms with Crippen molar-refractivity contribution in [1.29, 1.82) is 0 Å². The molecule has 0 aliphatic carbocycles. The summed E-state index contributed by atoms with van der Waals surface area (Å²) in [5.41, 5.74) is 1.68. The van der Waals surface area contributed by atoms with Gasteiger partial charge < -0.3 is 14.2 Å². The van der Waals surface area contributed by atoms with E-state index in [0.717, 1.165) is 18.8 Å². The first-order valence-corrected chi connectivity index (χ1v) is 9.09. The highest BCUT2D eigenvalue weighted by Crippen LogP contribution is 2.26. The van der Waals surface area contributed by atoms with Gasteiger partial charge in [0, 0.05) is 30.8 Å². The van der Waals surface area contributed by atoms with E-state index in [1.165, 1.54) is 13.2 Å². The van der Waals surface area contributed by atoms with E-state index >= 15 is 0 Å². The van der Waals surface area contributed by atoms with Gasteiger partial charge in [0.15, 0.2) is 5.82 Å². The highest BCUT2D eigenvalue weighted by Gasteiger charge is 2.15. The van der Waals surface area contributed by atoms with Crippen molar-refractivity contribution < 1.29 is 13.9 Å². The molecule has 3 aromatic rings. The molecule has 0 aliphatic rings. The van der Waals surface area contributed by atoms with Crippen LogP contribution in [0.1, 0.15) is 29.5 Å². The number of amides is 1. The minimum atomic E-state index is -0.370. The first kappa shape index (κ1) is 19.5. The maximum atomic E-state index is 14.3. The summed E-state index contributed by atoms with van der Waals surface area (Å²) in [5, 5.41) is 8.02. The van der Waals surface area contributed by atoms with Gasteiger partial charge in [-0.1, -0.05) is 19.1 Å². The molecule has 1 heterocycles. The number of aromatic nitrogens is 3. The van der Waals surface area contributed by atoms with Crippen LogP contribution in [-0.4, -0.2) is 39.7 Å².